The molecule has 0 heterocycles. The number of aromatic carboxylic acids is 1. The van der Waals surface area contributed by atoms with Crippen molar-refractivity contribution in [2.45, 2.75) is 0 Å². The fourth-order valence-electron chi connectivity index (χ4n) is 1.24. The van der Waals surface area contributed by atoms with E-state index in [1.54, 1.807) is 36.4 Å². The third kappa shape index (κ3) is 2.39. The molecule has 3 nitrogen and oxygen atoms in total. The second-order valence-electron chi connectivity index (χ2n) is 3.17. The Morgan fingerprint density at radius 2 is 1.56 bits per heavy atom. The second kappa shape index (κ2) is 4.49. The summed E-state index contributed by atoms with van der Waals surface area (Å²) in [5.41, 5.74) is 0.244. The molecular formula is C13H9O3. The van der Waals surface area contributed by atoms with Gasteiger partial charge in [-0.2, -0.15) is 0 Å². The summed E-state index contributed by atoms with van der Waals surface area (Å²) >= 11 is 0. The van der Waals surface area contributed by atoms with Gasteiger partial charge in [-0.05, 0) is 42.5 Å². The zero-order valence-corrected chi connectivity index (χ0v) is 8.38. The van der Waals surface area contributed by atoms with Gasteiger partial charge in [0.05, 0.1) is 5.56 Å². The highest BCUT2D eigenvalue weighted by Crippen LogP contribution is 2.20. The van der Waals surface area contributed by atoms with Gasteiger partial charge in [0.1, 0.15) is 11.5 Å². The number of carboxylic acid groups (broad SMARTS) is 1. The lowest BCUT2D eigenvalue weighted by Gasteiger charge is -2.04. The summed E-state index contributed by atoms with van der Waals surface area (Å²) < 4.78 is 5.50. The second-order valence-corrected chi connectivity index (χ2v) is 3.17. The molecule has 0 unspecified atom stereocenters. The van der Waals surface area contributed by atoms with Crippen molar-refractivity contribution in [1.82, 2.24) is 0 Å². The topological polar surface area (TPSA) is 46.5 Å². The molecule has 0 bridgehead atoms. The van der Waals surface area contributed by atoms with Crippen molar-refractivity contribution >= 4 is 5.97 Å². The number of carboxylic acids is 1. The van der Waals surface area contributed by atoms with Gasteiger partial charge in [0.2, 0.25) is 0 Å². The Hall–Kier alpha value is -2.29. The molecule has 1 N–H and O–H groups in total. The van der Waals surface area contributed by atoms with E-state index in [1.165, 1.54) is 12.1 Å². The van der Waals surface area contributed by atoms with Crippen molar-refractivity contribution in [2.75, 3.05) is 0 Å². The molecule has 0 aromatic heterocycles. The Morgan fingerprint density at radius 1 is 1.00 bits per heavy atom. The van der Waals surface area contributed by atoms with Gasteiger partial charge in [-0.3, -0.25) is 0 Å². The molecule has 0 fully saturated rings. The van der Waals surface area contributed by atoms with Crippen LogP contribution in [0.2, 0.25) is 0 Å². The van der Waals surface area contributed by atoms with Gasteiger partial charge in [0.25, 0.3) is 0 Å². The molecule has 0 saturated heterocycles. The van der Waals surface area contributed by atoms with E-state index in [1.807, 2.05) is 0 Å². The van der Waals surface area contributed by atoms with E-state index in [9.17, 15) is 4.79 Å². The van der Waals surface area contributed by atoms with E-state index < -0.39 is 5.97 Å². The molecule has 0 aliphatic rings. The quantitative estimate of drug-likeness (QED) is 0.852. The number of benzene rings is 2. The summed E-state index contributed by atoms with van der Waals surface area (Å²) in [7, 11) is 0. The molecule has 0 spiro atoms. The normalized spacial score (nSPS) is 9.75. The van der Waals surface area contributed by atoms with Gasteiger partial charge in [-0.25, -0.2) is 4.79 Å². The first-order chi connectivity index (χ1) is 7.75. The predicted molar refractivity (Wildman–Crippen MR) is 58.8 cm³/mol. The smallest absolute Gasteiger partial charge is 0.335 e. The predicted octanol–water partition coefficient (Wildman–Crippen LogP) is 2.98. The zero-order valence-electron chi connectivity index (χ0n) is 8.38. The van der Waals surface area contributed by atoms with Crippen LogP contribution in [0, 0.1) is 6.07 Å². The number of hydrogen-bond donors (Lipinski definition) is 1. The fourth-order valence-corrected chi connectivity index (χ4v) is 1.24. The molecule has 0 atom stereocenters. The Morgan fingerprint density at radius 3 is 2.12 bits per heavy atom. The van der Waals surface area contributed by atoms with E-state index >= 15 is 0 Å². The molecule has 0 aliphatic heterocycles. The van der Waals surface area contributed by atoms with Crippen LogP contribution in [0.1, 0.15) is 10.4 Å². The first-order valence-corrected chi connectivity index (χ1v) is 4.73. The van der Waals surface area contributed by atoms with Crippen molar-refractivity contribution < 1.29 is 14.6 Å². The highest BCUT2D eigenvalue weighted by atomic mass is 16.5. The minimum Gasteiger partial charge on any atom is -0.478 e. The van der Waals surface area contributed by atoms with Crippen molar-refractivity contribution in [1.29, 1.82) is 0 Å². The summed E-state index contributed by atoms with van der Waals surface area (Å²) in [5, 5.41) is 8.72. The summed E-state index contributed by atoms with van der Waals surface area (Å²) in [6.07, 6.45) is 0. The van der Waals surface area contributed by atoms with Crippen LogP contribution in [-0.2, 0) is 0 Å². The SMILES string of the molecule is O=C(O)c1ccc(Oc2cc[c]cc2)cc1. The van der Waals surface area contributed by atoms with Crippen molar-refractivity contribution in [3.05, 3.63) is 60.2 Å². The molecule has 1 radical (unpaired) electrons. The molecule has 2 rings (SSSR count). The van der Waals surface area contributed by atoms with Gasteiger partial charge in [-0.15, -0.1) is 0 Å². The Balaban J connectivity index is 2.14. The largest absolute Gasteiger partial charge is 0.478 e. The van der Waals surface area contributed by atoms with Gasteiger partial charge in [-0.1, -0.05) is 12.1 Å². The number of carbonyl (C=O) groups is 1. The van der Waals surface area contributed by atoms with Crippen LogP contribution in [0.4, 0.5) is 0 Å². The maximum Gasteiger partial charge on any atom is 0.335 e. The van der Waals surface area contributed by atoms with Gasteiger partial charge < -0.3 is 9.84 Å². The monoisotopic (exact) mass is 213 g/mol. The van der Waals surface area contributed by atoms with E-state index in [2.05, 4.69) is 6.07 Å². The molecule has 0 saturated carbocycles. The van der Waals surface area contributed by atoms with Crippen molar-refractivity contribution in [3.8, 4) is 11.5 Å². The van der Waals surface area contributed by atoms with E-state index in [0.29, 0.717) is 11.5 Å². The van der Waals surface area contributed by atoms with Crippen LogP contribution >= 0.6 is 0 Å². The lowest BCUT2D eigenvalue weighted by atomic mass is 10.2. The minimum atomic E-state index is -0.944. The molecule has 0 amide bonds. The van der Waals surface area contributed by atoms with E-state index in [4.69, 9.17) is 9.84 Å². The van der Waals surface area contributed by atoms with Crippen molar-refractivity contribution in [2.24, 2.45) is 0 Å². The fraction of sp³-hybridized carbons (Fsp3) is 0. The third-order valence-electron chi connectivity index (χ3n) is 2.02. The minimum absolute atomic E-state index is 0.244. The van der Waals surface area contributed by atoms with Gasteiger partial charge in [0.15, 0.2) is 0 Å². The molecule has 79 valence electrons. The van der Waals surface area contributed by atoms with Gasteiger partial charge >= 0.3 is 5.97 Å². The number of rotatable bonds is 3. The maximum absolute atomic E-state index is 10.6. The molecular weight excluding hydrogens is 204 g/mol. The maximum atomic E-state index is 10.6. The summed E-state index contributed by atoms with van der Waals surface area (Å²) in [4.78, 5) is 10.6. The Labute approximate surface area is 92.9 Å². The first kappa shape index (κ1) is 10.2. The molecule has 0 aliphatic carbocycles. The van der Waals surface area contributed by atoms with Crippen molar-refractivity contribution in [3.63, 3.8) is 0 Å². The third-order valence-corrected chi connectivity index (χ3v) is 2.02. The average Bonchev–Trinajstić information content (AvgIpc) is 2.31. The standard InChI is InChI=1S/C13H9O3/c14-13(15)10-6-8-12(9-7-10)16-11-4-2-1-3-5-11/h2-9H,(H,14,15). The zero-order chi connectivity index (χ0) is 11.4. The highest BCUT2D eigenvalue weighted by molar-refractivity contribution is 5.87. The lowest BCUT2D eigenvalue weighted by Crippen LogP contribution is -1.95. The van der Waals surface area contributed by atoms with Crippen LogP contribution in [0.3, 0.4) is 0 Å². The summed E-state index contributed by atoms with van der Waals surface area (Å²) in [5.74, 6) is 0.360. The number of hydrogen-bond acceptors (Lipinski definition) is 2. The molecule has 16 heavy (non-hydrogen) atoms. The lowest BCUT2D eigenvalue weighted by molar-refractivity contribution is 0.0697. The Bertz CT molecular complexity index is 474. The van der Waals surface area contributed by atoms with Gasteiger partial charge in [0, 0.05) is 0 Å². The van der Waals surface area contributed by atoms with Crippen LogP contribution < -0.4 is 4.74 Å². The van der Waals surface area contributed by atoms with E-state index in [0.717, 1.165) is 0 Å². The number of ether oxygens (including phenoxy) is 1. The van der Waals surface area contributed by atoms with Crippen LogP contribution in [0.15, 0.2) is 48.5 Å². The summed E-state index contributed by atoms with van der Waals surface area (Å²) in [6, 6.07) is 16.2. The van der Waals surface area contributed by atoms with Crippen LogP contribution in [-0.4, -0.2) is 11.1 Å². The first-order valence-electron chi connectivity index (χ1n) is 4.73. The molecule has 3 heteroatoms. The molecule has 2 aromatic carbocycles. The molecule has 2 aromatic rings. The van der Waals surface area contributed by atoms with Crippen LogP contribution in [0.5, 0.6) is 11.5 Å². The highest BCUT2D eigenvalue weighted by Gasteiger charge is 2.02. The Kier molecular flexibility index (Phi) is 2.87. The summed E-state index contributed by atoms with van der Waals surface area (Å²) in [6.45, 7) is 0. The van der Waals surface area contributed by atoms with Crippen LogP contribution in [0.25, 0.3) is 0 Å². The van der Waals surface area contributed by atoms with E-state index in [-0.39, 0.29) is 5.56 Å². The average molecular weight is 213 g/mol.